The highest BCUT2D eigenvalue weighted by Crippen LogP contribution is 2.23. The summed E-state index contributed by atoms with van der Waals surface area (Å²) in [5.41, 5.74) is 10.0. The lowest BCUT2D eigenvalue weighted by atomic mass is 10.0. The Kier molecular flexibility index (Phi) is 8.05. The molecule has 1 saturated heterocycles. The standard InChI is InChI=1S/C26H27N7O3/c27-9-12-29-25(35)20-4-2-19(3-5-20)22-8-11-31-26(32-22)30-10-7-18-1-6-23(21(17-18)24(28)34)33-13-15-36-16-14-33/h1-6,8,11,17H,7,10,12-16H2,(H2,28,34)(H,29,35)(H,30,31,32). The van der Waals surface area contributed by atoms with Crippen LogP contribution in [0.4, 0.5) is 11.6 Å². The Morgan fingerprint density at radius 1 is 1.11 bits per heavy atom. The molecule has 0 atom stereocenters. The molecular formula is C26H27N7O3. The van der Waals surface area contributed by atoms with Crippen molar-refractivity contribution in [1.82, 2.24) is 15.3 Å². The largest absolute Gasteiger partial charge is 0.378 e. The molecule has 0 bridgehead atoms. The summed E-state index contributed by atoms with van der Waals surface area (Å²) in [6.45, 7) is 3.24. The second-order valence-electron chi connectivity index (χ2n) is 8.18. The van der Waals surface area contributed by atoms with Crippen LogP contribution < -0.4 is 21.3 Å². The smallest absolute Gasteiger partial charge is 0.252 e. The molecule has 0 unspecified atom stereocenters. The van der Waals surface area contributed by atoms with E-state index in [4.69, 9.17) is 15.7 Å². The SMILES string of the molecule is N#CCNC(=O)c1ccc(-c2ccnc(NCCc3ccc(N4CCOCC4)c(C(N)=O)c3)n2)cc1. The Morgan fingerprint density at radius 3 is 2.61 bits per heavy atom. The van der Waals surface area contributed by atoms with Crippen molar-refractivity contribution >= 4 is 23.5 Å². The minimum Gasteiger partial charge on any atom is -0.378 e. The number of carbonyl (C=O) groups excluding carboxylic acids is 2. The second-order valence-corrected chi connectivity index (χ2v) is 8.18. The van der Waals surface area contributed by atoms with Crippen LogP contribution in [0.2, 0.25) is 0 Å². The van der Waals surface area contributed by atoms with Crippen molar-refractivity contribution in [3.8, 4) is 17.3 Å². The van der Waals surface area contributed by atoms with Gasteiger partial charge in [0.1, 0.15) is 6.54 Å². The molecule has 3 aromatic rings. The van der Waals surface area contributed by atoms with Crippen LogP contribution >= 0.6 is 0 Å². The number of amides is 2. The molecule has 36 heavy (non-hydrogen) atoms. The number of morpholine rings is 1. The average Bonchev–Trinajstić information content (AvgIpc) is 2.92. The van der Waals surface area contributed by atoms with E-state index in [0.717, 1.165) is 29.9 Å². The van der Waals surface area contributed by atoms with Gasteiger partial charge < -0.3 is 26.0 Å². The van der Waals surface area contributed by atoms with E-state index in [-0.39, 0.29) is 12.5 Å². The van der Waals surface area contributed by atoms with Crippen LogP contribution in [-0.2, 0) is 11.2 Å². The summed E-state index contributed by atoms with van der Waals surface area (Å²) in [7, 11) is 0. The minimum atomic E-state index is -0.448. The molecule has 2 amide bonds. The van der Waals surface area contributed by atoms with Crippen LogP contribution in [0, 0.1) is 11.3 Å². The minimum absolute atomic E-state index is 0.0383. The number of aromatic nitrogens is 2. The van der Waals surface area contributed by atoms with Gasteiger partial charge in [0.25, 0.3) is 11.8 Å². The number of nitriles is 1. The Bertz CT molecular complexity index is 1270. The number of benzene rings is 2. The van der Waals surface area contributed by atoms with Gasteiger partial charge in [0.05, 0.1) is 30.5 Å². The molecule has 10 nitrogen and oxygen atoms in total. The number of carbonyl (C=O) groups is 2. The lowest BCUT2D eigenvalue weighted by Gasteiger charge is -2.30. The van der Waals surface area contributed by atoms with E-state index < -0.39 is 5.91 Å². The molecule has 2 aromatic carbocycles. The van der Waals surface area contributed by atoms with Crippen molar-refractivity contribution in [2.24, 2.45) is 5.73 Å². The summed E-state index contributed by atoms with van der Waals surface area (Å²) in [6.07, 6.45) is 2.32. The zero-order valence-electron chi connectivity index (χ0n) is 19.7. The Hall–Kier alpha value is -4.49. The van der Waals surface area contributed by atoms with Gasteiger partial charge in [0.15, 0.2) is 0 Å². The molecule has 4 N–H and O–H groups in total. The van der Waals surface area contributed by atoms with Gasteiger partial charge in [-0.15, -0.1) is 0 Å². The van der Waals surface area contributed by atoms with Crippen LogP contribution in [0.25, 0.3) is 11.3 Å². The number of hydrogen-bond acceptors (Lipinski definition) is 8. The van der Waals surface area contributed by atoms with Gasteiger partial charge in [-0.1, -0.05) is 18.2 Å². The quantitative estimate of drug-likeness (QED) is 0.390. The van der Waals surface area contributed by atoms with E-state index in [1.807, 2.05) is 24.3 Å². The Labute approximate surface area is 209 Å². The maximum atomic E-state index is 12.1. The van der Waals surface area contributed by atoms with E-state index >= 15 is 0 Å². The maximum Gasteiger partial charge on any atom is 0.252 e. The number of hydrogen-bond donors (Lipinski definition) is 3. The number of primary amides is 1. The molecule has 1 aliphatic heterocycles. The van der Waals surface area contributed by atoms with E-state index in [1.165, 1.54) is 0 Å². The maximum absolute atomic E-state index is 12.1. The number of ether oxygens (including phenoxy) is 1. The van der Waals surface area contributed by atoms with E-state index in [9.17, 15) is 9.59 Å². The topological polar surface area (TPSA) is 146 Å². The number of anilines is 2. The lowest BCUT2D eigenvalue weighted by molar-refractivity contribution is 0.0957. The summed E-state index contributed by atoms with van der Waals surface area (Å²) in [5, 5.41) is 14.3. The predicted octanol–water partition coefficient (Wildman–Crippen LogP) is 1.99. The van der Waals surface area contributed by atoms with E-state index in [1.54, 1.807) is 36.5 Å². The monoisotopic (exact) mass is 485 g/mol. The van der Waals surface area contributed by atoms with Crippen LogP contribution in [0.5, 0.6) is 0 Å². The van der Waals surface area contributed by atoms with Crippen molar-refractivity contribution in [1.29, 1.82) is 5.26 Å². The molecular weight excluding hydrogens is 458 g/mol. The van der Waals surface area contributed by atoms with Crippen molar-refractivity contribution < 1.29 is 14.3 Å². The molecule has 0 radical (unpaired) electrons. The average molecular weight is 486 g/mol. The lowest BCUT2D eigenvalue weighted by Crippen LogP contribution is -2.37. The third-order valence-corrected chi connectivity index (χ3v) is 5.80. The molecule has 1 aliphatic rings. The molecule has 0 aliphatic carbocycles. The highest BCUT2D eigenvalue weighted by Gasteiger charge is 2.18. The van der Waals surface area contributed by atoms with E-state index in [2.05, 4.69) is 25.5 Å². The summed E-state index contributed by atoms with van der Waals surface area (Å²) >= 11 is 0. The van der Waals surface area contributed by atoms with Gasteiger partial charge in [0.2, 0.25) is 5.95 Å². The molecule has 1 fully saturated rings. The molecule has 4 rings (SSSR count). The first-order valence-corrected chi connectivity index (χ1v) is 11.6. The van der Waals surface area contributed by atoms with Crippen molar-refractivity contribution in [2.45, 2.75) is 6.42 Å². The highest BCUT2D eigenvalue weighted by molar-refractivity contribution is 5.99. The summed E-state index contributed by atoms with van der Waals surface area (Å²) < 4.78 is 5.40. The van der Waals surface area contributed by atoms with Crippen LogP contribution in [-0.4, -0.2) is 61.2 Å². The second kappa shape index (κ2) is 11.8. The van der Waals surface area contributed by atoms with Crippen LogP contribution in [0.15, 0.2) is 54.7 Å². The zero-order valence-corrected chi connectivity index (χ0v) is 19.7. The molecule has 0 saturated carbocycles. The summed E-state index contributed by atoms with van der Waals surface area (Å²) in [6, 6.07) is 16.4. The highest BCUT2D eigenvalue weighted by atomic mass is 16.5. The fourth-order valence-corrected chi connectivity index (χ4v) is 3.95. The number of nitrogens with zero attached hydrogens (tertiary/aromatic N) is 4. The van der Waals surface area contributed by atoms with Crippen molar-refractivity contribution in [3.63, 3.8) is 0 Å². The third kappa shape index (κ3) is 6.14. The zero-order chi connectivity index (χ0) is 25.3. The number of nitrogens with two attached hydrogens (primary N) is 1. The Morgan fingerprint density at radius 2 is 1.89 bits per heavy atom. The van der Waals surface area contributed by atoms with Crippen LogP contribution in [0.3, 0.4) is 0 Å². The molecule has 0 spiro atoms. The molecule has 2 heterocycles. The Balaban J connectivity index is 1.38. The van der Waals surface area contributed by atoms with Gasteiger partial charge in [-0.2, -0.15) is 5.26 Å². The fraction of sp³-hybridized carbons (Fsp3) is 0.269. The van der Waals surface area contributed by atoms with Gasteiger partial charge >= 0.3 is 0 Å². The van der Waals surface area contributed by atoms with Gasteiger partial charge in [-0.05, 0) is 42.3 Å². The van der Waals surface area contributed by atoms with Gasteiger partial charge in [0, 0.05) is 42.6 Å². The fourth-order valence-electron chi connectivity index (χ4n) is 3.95. The number of nitrogens with one attached hydrogen (secondary N) is 2. The van der Waals surface area contributed by atoms with Gasteiger partial charge in [-0.3, -0.25) is 9.59 Å². The number of rotatable bonds is 9. The van der Waals surface area contributed by atoms with Gasteiger partial charge in [-0.25, -0.2) is 9.97 Å². The van der Waals surface area contributed by atoms with Crippen molar-refractivity contribution in [2.75, 3.05) is 49.6 Å². The molecule has 184 valence electrons. The predicted molar refractivity (Wildman–Crippen MR) is 136 cm³/mol. The van der Waals surface area contributed by atoms with Crippen molar-refractivity contribution in [3.05, 3.63) is 71.4 Å². The first-order valence-electron chi connectivity index (χ1n) is 11.6. The third-order valence-electron chi connectivity index (χ3n) is 5.80. The first kappa shape index (κ1) is 24.6. The van der Waals surface area contributed by atoms with Crippen LogP contribution in [0.1, 0.15) is 26.3 Å². The molecule has 10 heteroatoms. The van der Waals surface area contributed by atoms with E-state index in [0.29, 0.717) is 48.9 Å². The normalized spacial score (nSPS) is 13.0. The summed E-state index contributed by atoms with van der Waals surface area (Å²) in [4.78, 5) is 35.0. The molecule has 1 aromatic heterocycles. The summed E-state index contributed by atoms with van der Waals surface area (Å²) in [5.74, 6) is -0.273. The first-order chi connectivity index (χ1) is 17.5.